The van der Waals surface area contributed by atoms with Crippen molar-refractivity contribution in [3.8, 4) is 28.4 Å². The number of fused-ring (bicyclic) bond motifs is 1. The van der Waals surface area contributed by atoms with Crippen LogP contribution >= 0.6 is 11.6 Å². The molecule has 0 saturated carbocycles. The Balaban J connectivity index is 1.09. The molecule has 2 heterocycles. The predicted molar refractivity (Wildman–Crippen MR) is 171 cm³/mol. The number of hydrogen-bond acceptors (Lipinski definition) is 9. The Hall–Kier alpha value is -4.51. The number of carbonyl (C=O) groups excluding carboxylic acids is 1. The summed E-state index contributed by atoms with van der Waals surface area (Å²) >= 11 is 6.42. The molecule has 1 saturated heterocycles. The van der Waals surface area contributed by atoms with Crippen molar-refractivity contribution >= 4 is 28.9 Å². The number of rotatable bonds is 13. The molecular weight excluding hydrogens is 613 g/mol. The average Bonchev–Trinajstić information content (AvgIpc) is 3.55. The minimum Gasteiger partial charge on any atom is -0.494 e. The summed E-state index contributed by atoms with van der Waals surface area (Å²) in [4.78, 5) is 14.1. The molecule has 1 N–H and O–H groups in total. The average molecular weight is 646 g/mol. The summed E-state index contributed by atoms with van der Waals surface area (Å²) < 4.78 is 38.3. The monoisotopic (exact) mass is 645 g/mol. The molecule has 4 aromatic carbocycles. The maximum absolute atomic E-state index is 15.8. The van der Waals surface area contributed by atoms with E-state index in [1.54, 1.807) is 30.3 Å². The molecule has 1 aliphatic rings. The van der Waals surface area contributed by atoms with E-state index < -0.39 is 5.82 Å². The first-order chi connectivity index (χ1) is 22.5. The Morgan fingerprint density at radius 1 is 0.935 bits per heavy atom. The van der Waals surface area contributed by atoms with Gasteiger partial charge in [-0.3, -0.25) is 4.79 Å². The lowest BCUT2D eigenvalue weighted by molar-refractivity contribution is 0.0800. The first-order valence-corrected chi connectivity index (χ1v) is 15.5. The summed E-state index contributed by atoms with van der Waals surface area (Å²) in [5.41, 5.74) is 3.70. The van der Waals surface area contributed by atoms with Gasteiger partial charge in [0.25, 0.3) is 0 Å². The van der Waals surface area contributed by atoms with E-state index in [1.165, 1.54) is 12.1 Å². The van der Waals surface area contributed by atoms with Crippen molar-refractivity contribution in [2.75, 3.05) is 26.2 Å². The van der Waals surface area contributed by atoms with Gasteiger partial charge < -0.3 is 24.2 Å². The second-order valence-corrected chi connectivity index (χ2v) is 11.6. The summed E-state index contributed by atoms with van der Waals surface area (Å²) in [7, 11) is 0. The minimum atomic E-state index is -0.415. The first kappa shape index (κ1) is 31.5. The molecule has 46 heavy (non-hydrogen) atoms. The lowest BCUT2D eigenvalue weighted by atomic mass is 10.0. The fraction of sp³-hybridized carbons (Fsp3) is 0.286. The fourth-order valence-corrected chi connectivity index (χ4v) is 5.63. The van der Waals surface area contributed by atoms with Gasteiger partial charge in [-0.25, -0.2) is 9.02 Å². The van der Waals surface area contributed by atoms with Crippen LogP contribution in [0.2, 0.25) is 5.02 Å². The Morgan fingerprint density at radius 3 is 2.59 bits per heavy atom. The molecule has 0 radical (unpaired) electrons. The third-order valence-electron chi connectivity index (χ3n) is 7.96. The van der Waals surface area contributed by atoms with Crippen molar-refractivity contribution < 1.29 is 33.1 Å². The molecule has 5 aromatic rings. The highest BCUT2D eigenvalue weighted by Gasteiger charge is 2.17. The summed E-state index contributed by atoms with van der Waals surface area (Å²) in [6.07, 6.45) is 2.96. The maximum Gasteiger partial charge on any atom is 0.153 e. The number of halogens is 2. The zero-order valence-corrected chi connectivity index (χ0v) is 25.8. The van der Waals surface area contributed by atoms with Gasteiger partial charge in [0, 0.05) is 36.8 Å². The van der Waals surface area contributed by atoms with Crippen molar-refractivity contribution in [2.24, 2.45) is 0 Å². The van der Waals surface area contributed by atoms with Gasteiger partial charge in [-0.2, -0.15) is 0 Å². The molecule has 0 spiro atoms. The highest BCUT2D eigenvalue weighted by Crippen LogP contribution is 2.34. The molecule has 0 unspecified atom stereocenters. The minimum absolute atomic E-state index is 0.0984. The van der Waals surface area contributed by atoms with E-state index in [0.717, 1.165) is 44.5 Å². The van der Waals surface area contributed by atoms with Crippen LogP contribution in [-0.2, 0) is 13.2 Å². The zero-order valence-electron chi connectivity index (χ0n) is 25.0. The number of carbonyl (C=O) groups is 1. The van der Waals surface area contributed by atoms with E-state index in [4.69, 9.17) is 30.4 Å². The van der Waals surface area contributed by atoms with Crippen molar-refractivity contribution in [3.63, 3.8) is 0 Å². The van der Waals surface area contributed by atoms with Gasteiger partial charge in [-0.15, -0.1) is 0 Å². The summed E-state index contributed by atoms with van der Waals surface area (Å²) in [6.45, 7) is 3.31. The predicted octanol–water partition coefficient (Wildman–Crippen LogP) is 6.88. The van der Waals surface area contributed by atoms with Crippen LogP contribution in [0.25, 0.3) is 22.2 Å². The van der Waals surface area contributed by atoms with E-state index in [0.29, 0.717) is 46.4 Å². The quantitative estimate of drug-likeness (QED) is 0.108. The van der Waals surface area contributed by atoms with Crippen LogP contribution in [0, 0.1) is 5.82 Å². The Kier molecular flexibility index (Phi) is 10.1. The number of piperidine rings is 1. The highest BCUT2D eigenvalue weighted by molar-refractivity contribution is 6.32. The number of nitrogens with zero attached hydrogens (tertiary/aromatic N) is 3. The summed E-state index contributed by atoms with van der Waals surface area (Å²) in [5, 5.41) is 17.5. The van der Waals surface area contributed by atoms with Crippen LogP contribution < -0.4 is 14.2 Å². The standard InChI is InChI=1S/C35H33ClFN3O6/c36-30-18-26(20-41)33(44-21-23-8-9-31-32(16-23)39-46-38-31)19-34(30)45-22-25-5-2-7-29(35(25)37)24-4-1-6-28(17-24)43-15-3-12-40-13-10-27(42)11-14-40/h1-2,4-9,16-20,27,42H,3,10-15,21-22H2. The van der Waals surface area contributed by atoms with E-state index in [-0.39, 0.29) is 41.4 Å². The van der Waals surface area contributed by atoms with Crippen LogP contribution in [0.15, 0.2) is 77.4 Å². The summed E-state index contributed by atoms with van der Waals surface area (Å²) in [6, 6.07) is 20.9. The Labute approximate surface area is 270 Å². The smallest absolute Gasteiger partial charge is 0.153 e. The van der Waals surface area contributed by atoms with Gasteiger partial charge >= 0.3 is 0 Å². The third kappa shape index (κ3) is 7.64. The zero-order chi connectivity index (χ0) is 31.9. The molecule has 11 heteroatoms. The number of aromatic nitrogens is 2. The van der Waals surface area contributed by atoms with E-state index in [9.17, 15) is 9.90 Å². The Morgan fingerprint density at radius 2 is 1.74 bits per heavy atom. The lowest BCUT2D eigenvalue weighted by Crippen LogP contribution is -2.36. The van der Waals surface area contributed by atoms with Gasteiger partial charge in [0.05, 0.1) is 23.3 Å². The lowest BCUT2D eigenvalue weighted by Gasteiger charge is -2.29. The normalized spacial score (nSPS) is 14.0. The van der Waals surface area contributed by atoms with Gasteiger partial charge in [-0.1, -0.05) is 48.0 Å². The molecule has 238 valence electrons. The fourth-order valence-electron chi connectivity index (χ4n) is 5.40. The van der Waals surface area contributed by atoms with Gasteiger partial charge in [-0.05, 0) is 71.0 Å². The maximum atomic E-state index is 15.8. The summed E-state index contributed by atoms with van der Waals surface area (Å²) in [5.74, 6) is 0.773. The van der Waals surface area contributed by atoms with Crippen LogP contribution in [-0.4, -0.2) is 59.0 Å². The second kappa shape index (κ2) is 14.7. The third-order valence-corrected chi connectivity index (χ3v) is 8.25. The van der Waals surface area contributed by atoms with Crippen LogP contribution in [0.5, 0.6) is 17.2 Å². The first-order valence-electron chi connectivity index (χ1n) is 15.1. The number of ether oxygens (including phenoxy) is 3. The number of aliphatic hydroxyl groups excluding tert-OH is 1. The SMILES string of the molecule is O=Cc1cc(Cl)c(OCc2cccc(-c3cccc(OCCCN4CCC(O)CC4)c3)c2F)cc1OCc1ccc2nonc2c1. The number of aliphatic hydroxyl groups is 1. The molecule has 0 atom stereocenters. The molecule has 6 rings (SSSR count). The molecule has 0 amide bonds. The van der Waals surface area contributed by atoms with Crippen molar-refractivity contribution in [2.45, 2.75) is 38.6 Å². The van der Waals surface area contributed by atoms with Crippen LogP contribution in [0.3, 0.4) is 0 Å². The van der Waals surface area contributed by atoms with Gasteiger partial charge in [0.15, 0.2) is 6.29 Å². The molecule has 0 bridgehead atoms. The number of aldehydes is 1. The Bertz CT molecular complexity index is 1810. The van der Waals surface area contributed by atoms with Gasteiger partial charge in [0.1, 0.15) is 47.3 Å². The second-order valence-electron chi connectivity index (χ2n) is 11.2. The topological polar surface area (TPSA) is 107 Å². The molecule has 1 aromatic heterocycles. The molecular formula is C35H33ClFN3O6. The number of likely N-dealkylation sites (tertiary alicyclic amines) is 1. The highest BCUT2D eigenvalue weighted by atomic mass is 35.5. The molecule has 9 nitrogen and oxygen atoms in total. The number of benzene rings is 4. The van der Waals surface area contributed by atoms with Crippen LogP contribution in [0.1, 0.15) is 40.7 Å². The van der Waals surface area contributed by atoms with Crippen molar-refractivity contribution in [3.05, 3.63) is 100 Å². The van der Waals surface area contributed by atoms with Gasteiger partial charge in [0.2, 0.25) is 0 Å². The van der Waals surface area contributed by atoms with Crippen LogP contribution in [0.4, 0.5) is 4.39 Å². The molecule has 1 fully saturated rings. The van der Waals surface area contributed by atoms with E-state index in [2.05, 4.69) is 15.2 Å². The number of hydrogen-bond donors (Lipinski definition) is 1. The molecule has 0 aliphatic carbocycles. The molecule has 1 aliphatic heterocycles. The van der Waals surface area contributed by atoms with Crippen molar-refractivity contribution in [1.29, 1.82) is 0 Å². The van der Waals surface area contributed by atoms with E-state index in [1.807, 2.05) is 30.3 Å². The van der Waals surface area contributed by atoms with E-state index >= 15 is 4.39 Å². The van der Waals surface area contributed by atoms with Crippen molar-refractivity contribution in [1.82, 2.24) is 15.2 Å². The largest absolute Gasteiger partial charge is 0.494 e.